The van der Waals surface area contributed by atoms with Gasteiger partial charge in [-0.25, -0.2) is 22.8 Å². The molecule has 0 spiro atoms. The van der Waals surface area contributed by atoms with Crippen LogP contribution in [0.4, 0.5) is 13.2 Å². The Bertz CT molecular complexity index is 683. The molecule has 1 aliphatic heterocycles. The van der Waals surface area contributed by atoms with Gasteiger partial charge in [0.15, 0.2) is 12.0 Å². The summed E-state index contributed by atoms with van der Waals surface area (Å²) in [6, 6.07) is 2.55. The van der Waals surface area contributed by atoms with Gasteiger partial charge in [0.25, 0.3) is 0 Å². The van der Waals surface area contributed by atoms with E-state index >= 15 is 0 Å². The molecule has 8 heteroatoms. The summed E-state index contributed by atoms with van der Waals surface area (Å²) in [4.78, 5) is 3.84. The van der Waals surface area contributed by atoms with Gasteiger partial charge in [0, 0.05) is 18.2 Å². The molecule has 1 aromatic carbocycles. The Kier molecular flexibility index (Phi) is 3.12. The van der Waals surface area contributed by atoms with Crippen LogP contribution in [0.3, 0.4) is 0 Å². The number of hydrogen-bond acceptors (Lipinski definition) is 3. The van der Waals surface area contributed by atoms with Gasteiger partial charge in [-0.2, -0.15) is 0 Å². The molecule has 0 fully saturated rings. The molecule has 0 aliphatic carbocycles. The first-order valence-corrected chi connectivity index (χ1v) is 7.42. The zero-order valence-electron chi connectivity index (χ0n) is 10.4. The van der Waals surface area contributed by atoms with Crippen molar-refractivity contribution in [3.63, 3.8) is 0 Å². The first-order chi connectivity index (χ1) is 9.49. The second kappa shape index (κ2) is 4.69. The molecule has 0 saturated carbocycles. The van der Waals surface area contributed by atoms with Gasteiger partial charge >= 0.3 is 0 Å². The lowest BCUT2D eigenvalue weighted by Crippen LogP contribution is -2.12. The lowest BCUT2D eigenvalue weighted by atomic mass is 10.0. The third-order valence-electron chi connectivity index (χ3n) is 3.23. The van der Waals surface area contributed by atoms with Gasteiger partial charge in [-0.15, -0.1) is 5.10 Å². The summed E-state index contributed by atoms with van der Waals surface area (Å²) >= 11 is 0. The van der Waals surface area contributed by atoms with Crippen LogP contribution in [-0.4, -0.2) is 25.2 Å². The van der Waals surface area contributed by atoms with Gasteiger partial charge in [0.2, 0.25) is 5.16 Å². The average molecular weight is 301 g/mol. The number of aromatic nitrogens is 3. The van der Waals surface area contributed by atoms with Crippen LogP contribution in [0.25, 0.3) is 0 Å². The summed E-state index contributed by atoms with van der Waals surface area (Å²) in [5.74, 6) is -1.56. The fourth-order valence-corrected chi connectivity index (χ4v) is 2.78. The smallest absolute Gasteiger partial charge is 0.238 e. The molecule has 0 bridgehead atoms. The second-order valence-electron chi connectivity index (χ2n) is 4.51. The first-order valence-electron chi connectivity index (χ1n) is 5.87. The monoisotopic (exact) mass is 301 g/mol. The van der Waals surface area contributed by atoms with Gasteiger partial charge in [-0.1, -0.05) is 6.07 Å². The van der Waals surface area contributed by atoms with Crippen molar-refractivity contribution in [1.29, 1.82) is 0 Å². The summed E-state index contributed by atoms with van der Waals surface area (Å²) in [6.07, 6.45) is -0.260. The average Bonchev–Trinajstić information content (AvgIpc) is 2.92. The first kappa shape index (κ1) is 13.3. The minimum absolute atomic E-state index is 0.0379. The van der Waals surface area contributed by atoms with Gasteiger partial charge in [0.05, 0.1) is 16.8 Å². The molecule has 0 radical (unpaired) electrons. The van der Waals surface area contributed by atoms with Crippen LogP contribution in [0.2, 0.25) is 0 Å². The Labute approximate surface area is 115 Å². The van der Waals surface area contributed by atoms with E-state index in [0.29, 0.717) is 0 Å². The Hall–Kier alpha value is -1.70. The number of halogens is 3. The predicted octanol–water partition coefficient (Wildman–Crippen LogP) is 2.30. The van der Waals surface area contributed by atoms with Crippen LogP contribution in [0, 0.1) is 11.6 Å². The van der Waals surface area contributed by atoms with Crippen molar-refractivity contribution in [3.05, 3.63) is 41.2 Å². The number of hydrogen-bond donors (Lipinski definition) is 0. The van der Waals surface area contributed by atoms with Gasteiger partial charge in [0.1, 0.15) is 11.6 Å². The fourth-order valence-electron chi connectivity index (χ4n) is 2.35. The Balaban J connectivity index is 2.13. The zero-order chi connectivity index (χ0) is 14.4. The Morgan fingerprint density at radius 2 is 2.00 bits per heavy atom. The normalized spacial score (nSPS) is 22.8. The van der Waals surface area contributed by atoms with Gasteiger partial charge in [-0.3, -0.25) is 4.21 Å². The number of fused-ring (bicyclic) bond motifs is 1. The summed E-state index contributed by atoms with van der Waals surface area (Å²) in [6.45, 7) is 0. The van der Waals surface area contributed by atoms with E-state index in [1.807, 2.05) is 0 Å². The lowest BCUT2D eigenvalue weighted by Gasteiger charge is -2.13. The molecule has 3 atom stereocenters. The third kappa shape index (κ3) is 1.94. The standard InChI is InChI=1S/C12H10F3N3OS/c1-20(19)12-16-11-8(15)5-9(18(11)17-12)10-6(13)3-2-4-7(10)14/h2-4,8-9H,5H2,1H3/t8-,9-,20-/m0/s1. The van der Waals surface area contributed by atoms with E-state index < -0.39 is 34.6 Å². The number of alkyl halides is 1. The maximum Gasteiger partial charge on any atom is 0.238 e. The number of rotatable bonds is 2. The Morgan fingerprint density at radius 1 is 1.35 bits per heavy atom. The largest absolute Gasteiger partial charge is 0.251 e. The van der Waals surface area contributed by atoms with E-state index in [4.69, 9.17) is 0 Å². The number of nitrogens with zero attached hydrogens (tertiary/aromatic N) is 3. The SMILES string of the molecule is C[S@](=O)c1nc2n(n1)[C@H](c1c(F)cccc1F)C[C@@H]2F. The predicted molar refractivity (Wildman–Crippen MR) is 65.3 cm³/mol. The minimum atomic E-state index is -1.48. The van der Waals surface area contributed by atoms with Crippen molar-refractivity contribution >= 4 is 10.8 Å². The molecule has 20 heavy (non-hydrogen) atoms. The van der Waals surface area contributed by atoms with E-state index in [2.05, 4.69) is 10.1 Å². The molecule has 0 saturated heterocycles. The van der Waals surface area contributed by atoms with Crippen LogP contribution in [-0.2, 0) is 10.8 Å². The van der Waals surface area contributed by atoms with Crippen molar-refractivity contribution in [2.45, 2.75) is 23.8 Å². The molecule has 3 rings (SSSR count). The second-order valence-corrected chi connectivity index (χ2v) is 5.78. The highest BCUT2D eigenvalue weighted by molar-refractivity contribution is 7.84. The van der Waals surface area contributed by atoms with Crippen LogP contribution in [0.1, 0.15) is 30.0 Å². The highest BCUT2D eigenvalue weighted by Gasteiger charge is 2.38. The van der Waals surface area contributed by atoms with Crippen LogP contribution in [0.15, 0.2) is 23.4 Å². The van der Waals surface area contributed by atoms with Crippen LogP contribution < -0.4 is 0 Å². The van der Waals surface area contributed by atoms with Crippen molar-refractivity contribution < 1.29 is 17.4 Å². The van der Waals surface area contributed by atoms with E-state index in [1.54, 1.807) is 0 Å². The molecule has 2 heterocycles. The van der Waals surface area contributed by atoms with Crippen molar-refractivity contribution in [2.75, 3.05) is 6.26 Å². The van der Waals surface area contributed by atoms with Gasteiger partial charge < -0.3 is 0 Å². The summed E-state index contributed by atoms with van der Waals surface area (Å²) in [5.41, 5.74) is -0.243. The van der Waals surface area contributed by atoms with Crippen LogP contribution in [0.5, 0.6) is 0 Å². The maximum atomic E-state index is 13.9. The molecule has 4 nitrogen and oxygen atoms in total. The van der Waals surface area contributed by atoms with Crippen molar-refractivity contribution in [1.82, 2.24) is 14.8 Å². The highest BCUT2D eigenvalue weighted by Crippen LogP contribution is 2.41. The van der Waals surface area contributed by atoms with E-state index in [1.165, 1.54) is 12.3 Å². The third-order valence-corrected chi connectivity index (χ3v) is 3.92. The lowest BCUT2D eigenvalue weighted by molar-refractivity contribution is 0.323. The summed E-state index contributed by atoms with van der Waals surface area (Å²) in [5, 5.41) is 3.87. The van der Waals surface area contributed by atoms with Gasteiger partial charge in [-0.05, 0) is 12.1 Å². The van der Waals surface area contributed by atoms with Crippen molar-refractivity contribution in [2.24, 2.45) is 0 Å². The summed E-state index contributed by atoms with van der Waals surface area (Å²) < 4.78 is 54.0. The molecule has 1 aromatic heterocycles. The Morgan fingerprint density at radius 3 is 2.60 bits per heavy atom. The highest BCUT2D eigenvalue weighted by atomic mass is 32.2. The molecule has 0 unspecified atom stereocenters. The molecular formula is C12H10F3N3OS. The van der Waals surface area contributed by atoms with Crippen LogP contribution >= 0.6 is 0 Å². The van der Waals surface area contributed by atoms with E-state index in [9.17, 15) is 17.4 Å². The maximum absolute atomic E-state index is 13.9. The number of benzene rings is 1. The van der Waals surface area contributed by atoms with Crippen molar-refractivity contribution in [3.8, 4) is 0 Å². The minimum Gasteiger partial charge on any atom is -0.251 e. The molecular weight excluding hydrogens is 291 g/mol. The molecule has 2 aromatic rings. The van der Waals surface area contributed by atoms with E-state index in [-0.39, 0.29) is 23.0 Å². The molecule has 0 amide bonds. The topological polar surface area (TPSA) is 47.8 Å². The molecule has 1 aliphatic rings. The van der Waals surface area contributed by atoms with E-state index in [0.717, 1.165) is 16.8 Å². The molecule has 0 N–H and O–H groups in total. The zero-order valence-corrected chi connectivity index (χ0v) is 11.2. The fraction of sp³-hybridized carbons (Fsp3) is 0.333. The molecule has 106 valence electrons. The summed E-state index contributed by atoms with van der Waals surface area (Å²) in [7, 11) is -1.48. The quantitative estimate of drug-likeness (QED) is 0.855.